The largest absolute Gasteiger partial charge is 0.486 e. The molecule has 0 saturated carbocycles. The molecule has 0 aliphatic carbocycles. The summed E-state index contributed by atoms with van der Waals surface area (Å²) in [5.74, 6) is 1.31. The summed E-state index contributed by atoms with van der Waals surface area (Å²) in [6.07, 6.45) is 0. The Labute approximate surface area is 108 Å². The Kier molecular flexibility index (Phi) is 2.06. The highest BCUT2D eigenvalue weighted by atomic mass is 16.6. The van der Waals surface area contributed by atoms with E-state index in [9.17, 15) is 4.79 Å². The van der Waals surface area contributed by atoms with Crippen LogP contribution in [0.1, 0.15) is 0 Å². The van der Waals surface area contributed by atoms with Gasteiger partial charge in [-0.25, -0.2) is 4.79 Å². The van der Waals surface area contributed by atoms with Crippen LogP contribution in [0.15, 0.2) is 45.6 Å². The molecule has 0 saturated heterocycles. The first kappa shape index (κ1) is 10.4. The molecule has 3 aromatic rings. The fourth-order valence-corrected chi connectivity index (χ4v) is 2.42. The van der Waals surface area contributed by atoms with E-state index in [0.717, 1.165) is 10.8 Å². The van der Waals surface area contributed by atoms with Crippen LogP contribution in [0.3, 0.4) is 0 Å². The SMILES string of the molecule is O=c1oc2cc3c(cc2c2ccccc12)OCCO3. The topological polar surface area (TPSA) is 48.7 Å². The minimum Gasteiger partial charge on any atom is -0.486 e. The second-order valence-corrected chi connectivity index (χ2v) is 4.43. The molecule has 0 atom stereocenters. The van der Waals surface area contributed by atoms with Gasteiger partial charge in [0.05, 0.1) is 5.39 Å². The van der Waals surface area contributed by atoms with Crippen molar-refractivity contribution in [1.82, 2.24) is 0 Å². The van der Waals surface area contributed by atoms with Gasteiger partial charge in [-0.1, -0.05) is 18.2 Å². The van der Waals surface area contributed by atoms with Crippen LogP contribution in [0.4, 0.5) is 0 Å². The number of hydrogen-bond donors (Lipinski definition) is 0. The van der Waals surface area contributed by atoms with Crippen LogP contribution in [0, 0.1) is 0 Å². The van der Waals surface area contributed by atoms with Crippen LogP contribution < -0.4 is 15.1 Å². The van der Waals surface area contributed by atoms with E-state index >= 15 is 0 Å². The van der Waals surface area contributed by atoms with Crippen LogP contribution in [0.2, 0.25) is 0 Å². The maximum absolute atomic E-state index is 11.9. The molecule has 0 N–H and O–H groups in total. The summed E-state index contributed by atoms with van der Waals surface area (Å²) >= 11 is 0. The van der Waals surface area contributed by atoms with E-state index in [1.807, 2.05) is 24.3 Å². The molecule has 1 aliphatic rings. The van der Waals surface area contributed by atoms with Crippen LogP contribution in [-0.2, 0) is 0 Å². The first-order chi connectivity index (χ1) is 9.33. The lowest BCUT2D eigenvalue weighted by atomic mass is 10.1. The second-order valence-electron chi connectivity index (χ2n) is 4.43. The van der Waals surface area contributed by atoms with E-state index in [4.69, 9.17) is 13.9 Å². The van der Waals surface area contributed by atoms with Gasteiger partial charge in [0.15, 0.2) is 11.5 Å². The van der Waals surface area contributed by atoms with Crippen LogP contribution in [0.5, 0.6) is 11.5 Å². The fourth-order valence-electron chi connectivity index (χ4n) is 2.42. The second kappa shape index (κ2) is 3.75. The predicted octanol–water partition coefficient (Wildman–Crippen LogP) is 2.72. The Morgan fingerprint density at radius 1 is 0.842 bits per heavy atom. The van der Waals surface area contributed by atoms with Gasteiger partial charge >= 0.3 is 5.63 Å². The molecular weight excluding hydrogens is 244 g/mol. The number of ether oxygens (including phenoxy) is 2. The van der Waals surface area contributed by atoms with E-state index in [1.165, 1.54) is 0 Å². The highest BCUT2D eigenvalue weighted by Crippen LogP contribution is 2.36. The summed E-state index contributed by atoms with van der Waals surface area (Å²) in [5, 5.41) is 2.30. The molecular formula is C15H10O4. The number of rotatable bonds is 0. The third-order valence-corrected chi connectivity index (χ3v) is 3.28. The number of fused-ring (bicyclic) bond motifs is 4. The minimum atomic E-state index is -0.334. The summed E-state index contributed by atoms with van der Waals surface area (Å²) in [6, 6.07) is 11.0. The van der Waals surface area contributed by atoms with Crippen LogP contribution in [-0.4, -0.2) is 13.2 Å². The van der Waals surface area contributed by atoms with E-state index in [-0.39, 0.29) is 5.63 Å². The normalized spacial score (nSPS) is 13.9. The Morgan fingerprint density at radius 3 is 2.32 bits per heavy atom. The molecule has 94 valence electrons. The predicted molar refractivity (Wildman–Crippen MR) is 71.0 cm³/mol. The number of hydrogen-bond acceptors (Lipinski definition) is 4. The molecule has 4 heteroatoms. The van der Waals surface area contributed by atoms with E-state index in [1.54, 1.807) is 12.1 Å². The zero-order valence-corrected chi connectivity index (χ0v) is 10.0. The zero-order valence-electron chi connectivity index (χ0n) is 10.0. The molecule has 0 fully saturated rings. The zero-order chi connectivity index (χ0) is 12.8. The van der Waals surface area contributed by atoms with E-state index < -0.39 is 0 Å². The molecule has 2 heterocycles. The van der Waals surface area contributed by atoms with Crippen molar-refractivity contribution in [3.05, 3.63) is 46.8 Å². The van der Waals surface area contributed by atoms with E-state index in [0.29, 0.717) is 35.7 Å². The van der Waals surface area contributed by atoms with Gasteiger partial charge in [0.2, 0.25) is 0 Å². The molecule has 19 heavy (non-hydrogen) atoms. The van der Waals surface area contributed by atoms with Gasteiger partial charge in [-0.2, -0.15) is 0 Å². The van der Waals surface area contributed by atoms with Crippen molar-refractivity contribution in [1.29, 1.82) is 0 Å². The van der Waals surface area contributed by atoms with Gasteiger partial charge in [0, 0.05) is 16.8 Å². The molecule has 0 amide bonds. The lowest BCUT2D eigenvalue weighted by molar-refractivity contribution is 0.172. The first-order valence-corrected chi connectivity index (χ1v) is 6.08. The quantitative estimate of drug-likeness (QED) is 0.457. The summed E-state index contributed by atoms with van der Waals surface area (Å²) in [6.45, 7) is 1.05. The maximum Gasteiger partial charge on any atom is 0.344 e. The summed E-state index contributed by atoms with van der Waals surface area (Å²) < 4.78 is 16.4. The van der Waals surface area contributed by atoms with Gasteiger partial charge in [0.25, 0.3) is 0 Å². The van der Waals surface area contributed by atoms with Gasteiger partial charge in [0.1, 0.15) is 18.8 Å². The number of benzene rings is 2. The van der Waals surface area contributed by atoms with Gasteiger partial charge in [-0.3, -0.25) is 0 Å². The van der Waals surface area contributed by atoms with Crippen molar-refractivity contribution < 1.29 is 13.9 Å². The monoisotopic (exact) mass is 254 g/mol. The van der Waals surface area contributed by atoms with Crippen LogP contribution in [0.25, 0.3) is 21.7 Å². The van der Waals surface area contributed by atoms with Crippen molar-refractivity contribution in [2.75, 3.05) is 13.2 Å². The highest BCUT2D eigenvalue weighted by molar-refractivity contribution is 6.05. The Bertz CT molecular complexity index is 848. The highest BCUT2D eigenvalue weighted by Gasteiger charge is 2.16. The Hall–Kier alpha value is -2.49. The van der Waals surface area contributed by atoms with Crippen LogP contribution >= 0.6 is 0 Å². The van der Waals surface area contributed by atoms with Crippen molar-refractivity contribution in [3.8, 4) is 11.5 Å². The Morgan fingerprint density at radius 2 is 1.53 bits per heavy atom. The molecule has 2 aromatic carbocycles. The fraction of sp³-hybridized carbons (Fsp3) is 0.133. The summed E-state index contributed by atoms with van der Waals surface area (Å²) in [5.41, 5.74) is 0.188. The lowest BCUT2D eigenvalue weighted by Crippen LogP contribution is -2.15. The molecule has 1 aromatic heterocycles. The van der Waals surface area contributed by atoms with Gasteiger partial charge < -0.3 is 13.9 Å². The molecule has 0 unspecified atom stereocenters. The maximum atomic E-state index is 11.9. The van der Waals surface area contributed by atoms with Crippen molar-refractivity contribution >= 4 is 21.7 Å². The first-order valence-electron chi connectivity index (χ1n) is 6.08. The van der Waals surface area contributed by atoms with Crippen molar-refractivity contribution in [3.63, 3.8) is 0 Å². The molecule has 4 rings (SSSR count). The molecule has 1 aliphatic heterocycles. The standard InChI is InChI=1S/C15H10O4/c16-15-10-4-2-1-3-9(10)11-7-13-14(8-12(11)19-15)18-6-5-17-13/h1-4,7-8H,5-6H2. The van der Waals surface area contributed by atoms with E-state index in [2.05, 4.69) is 0 Å². The average molecular weight is 254 g/mol. The summed E-state index contributed by atoms with van der Waals surface area (Å²) in [7, 11) is 0. The van der Waals surface area contributed by atoms with Crippen molar-refractivity contribution in [2.24, 2.45) is 0 Å². The lowest BCUT2D eigenvalue weighted by Gasteiger charge is -2.18. The minimum absolute atomic E-state index is 0.334. The molecule has 0 radical (unpaired) electrons. The molecule has 4 nitrogen and oxygen atoms in total. The Balaban J connectivity index is 2.18. The smallest absolute Gasteiger partial charge is 0.344 e. The molecule has 0 bridgehead atoms. The average Bonchev–Trinajstić information content (AvgIpc) is 2.46. The van der Waals surface area contributed by atoms with Gasteiger partial charge in [-0.05, 0) is 12.1 Å². The molecule has 0 spiro atoms. The third-order valence-electron chi connectivity index (χ3n) is 3.28. The summed E-state index contributed by atoms with van der Waals surface area (Å²) in [4.78, 5) is 11.9. The third kappa shape index (κ3) is 1.50. The van der Waals surface area contributed by atoms with Gasteiger partial charge in [-0.15, -0.1) is 0 Å². The van der Waals surface area contributed by atoms with Crippen molar-refractivity contribution in [2.45, 2.75) is 0 Å².